The summed E-state index contributed by atoms with van der Waals surface area (Å²) >= 11 is 1.34. The monoisotopic (exact) mass is 455 g/mol. The number of nitro groups is 2. The number of halogens is 1. The number of aryl methyl sites for hydroxylation is 1. The molecule has 0 spiro atoms. The number of imidazole rings is 1. The molecule has 4 aromatic rings. The van der Waals surface area contributed by atoms with Crippen LogP contribution in [0.1, 0.15) is 20.9 Å². The van der Waals surface area contributed by atoms with Crippen LogP contribution in [0.15, 0.2) is 48.7 Å². The Morgan fingerprint density at radius 2 is 1.75 bits per heavy atom. The number of fused-ring (bicyclic) bond motifs is 1. The number of nitrogens with one attached hydrogen (secondary N) is 1. The molecule has 12 heteroatoms. The molecular formula is C20H14FN5O5S. The zero-order valence-electron chi connectivity index (χ0n) is 16.4. The molecule has 0 unspecified atom stereocenters. The number of amides is 1. The molecule has 0 fully saturated rings. The lowest BCUT2D eigenvalue weighted by molar-refractivity contribution is -0.394. The Morgan fingerprint density at radius 1 is 1.12 bits per heavy atom. The Kier molecular flexibility index (Phi) is 5.36. The fraction of sp³-hybridized carbons (Fsp3) is 0.100. The predicted octanol–water partition coefficient (Wildman–Crippen LogP) is 4.26. The third-order valence-electron chi connectivity index (χ3n) is 4.79. The van der Waals surface area contributed by atoms with Gasteiger partial charge in [-0.2, -0.15) is 0 Å². The van der Waals surface area contributed by atoms with Gasteiger partial charge in [-0.05, 0) is 31.2 Å². The van der Waals surface area contributed by atoms with Crippen molar-refractivity contribution in [2.45, 2.75) is 13.5 Å². The first kappa shape index (κ1) is 21.1. The highest BCUT2D eigenvalue weighted by Gasteiger charge is 2.20. The SMILES string of the molecule is Cc1c(CNC(=O)c2cc([N+](=O)[O-])cc([N+](=O)[O-])c2)sc2nc(-c3ccc(F)cc3)cn12. The van der Waals surface area contributed by atoms with E-state index in [9.17, 15) is 29.4 Å². The van der Waals surface area contributed by atoms with Gasteiger partial charge in [-0.25, -0.2) is 9.37 Å². The molecule has 2 aromatic carbocycles. The molecule has 4 rings (SSSR count). The maximum Gasteiger partial charge on any atom is 0.277 e. The summed E-state index contributed by atoms with van der Waals surface area (Å²) in [6, 6.07) is 8.77. The smallest absolute Gasteiger partial charge is 0.277 e. The molecule has 0 aliphatic rings. The molecule has 162 valence electrons. The number of thiazole rings is 1. The van der Waals surface area contributed by atoms with Crippen LogP contribution in [-0.2, 0) is 6.54 Å². The van der Waals surface area contributed by atoms with E-state index in [1.165, 1.54) is 23.5 Å². The minimum absolute atomic E-state index is 0.112. The quantitative estimate of drug-likeness (QED) is 0.341. The summed E-state index contributed by atoms with van der Waals surface area (Å²) in [5.74, 6) is -1.01. The Morgan fingerprint density at radius 3 is 2.31 bits per heavy atom. The molecule has 0 atom stereocenters. The molecule has 10 nitrogen and oxygen atoms in total. The Hall–Kier alpha value is -4.19. The minimum atomic E-state index is -0.791. The van der Waals surface area contributed by atoms with Crippen molar-refractivity contribution in [2.75, 3.05) is 0 Å². The van der Waals surface area contributed by atoms with Crippen molar-refractivity contribution in [3.05, 3.63) is 90.8 Å². The highest BCUT2D eigenvalue weighted by atomic mass is 32.1. The average molecular weight is 455 g/mol. The second-order valence-corrected chi connectivity index (χ2v) is 7.89. The molecule has 0 radical (unpaired) electrons. The van der Waals surface area contributed by atoms with Crippen LogP contribution >= 0.6 is 11.3 Å². The summed E-state index contributed by atoms with van der Waals surface area (Å²) in [6.45, 7) is 1.96. The van der Waals surface area contributed by atoms with Crippen molar-refractivity contribution < 1.29 is 19.0 Å². The zero-order chi connectivity index (χ0) is 23.0. The van der Waals surface area contributed by atoms with Gasteiger partial charge in [0.05, 0.1) is 33.7 Å². The summed E-state index contributed by atoms with van der Waals surface area (Å²) in [7, 11) is 0. The van der Waals surface area contributed by atoms with Crippen LogP contribution in [0.3, 0.4) is 0 Å². The predicted molar refractivity (Wildman–Crippen MR) is 114 cm³/mol. The van der Waals surface area contributed by atoms with Gasteiger partial charge >= 0.3 is 0 Å². The largest absolute Gasteiger partial charge is 0.347 e. The van der Waals surface area contributed by atoms with E-state index in [4.69, 9.17) is 0 Å². The van der Waals surface area contributed by atoms with Crippen LogP contribution in [0.4, 0.5) is 15.8 Å². The third-order valence-corrected chi connectivity index (χ3v) is 5.95. The fourth-order valence-corrected chi connectivity index (χ4v) is 4.16. The van der Waals surface area contributed by atoms with Crippen LogP contribution < -0.4 is 5.32 Å². The van der Waals surface area contributed by atoms with Crippen molar-refractivity contribution in [1.29, 1.82) is 0 Å². The van der Waals surface area contributed by atoms with Gasteiger partial charge in [-0.3, -0.25) is 29.4 Å². The summed E-state index contributed by atoms with van der Waals surface area (Å²) in [6.07, 6.45) is 1.81. The molecule has 0 bridgehead atoms. The van der Waals surface area contributed by atoms with E-state index in [0.29, 0.717) is 10.7 Å². The molecule has 0 aliphatic heterocycles. The fourth-order valence-electron chi connectivity index (χ4n) is 3.12. The molecule has 32 heavy (non-hydrogen) atoms. The van der Waals surface area contributed by atoms with Crippen LogP contribution in [0.2, 0.25) is 0 Å². The second kappa shape index (κ2) is 8.15. The summed E-state index contributed by atoms with van der Waals surface area (Å²) in [5, 5.41) is 24.7. The Bertz CT molecular complexity index is 1350. The number of non-ortho nitro benzene ring substituents is 2. The average Bonchev–Trinajstić information content (AvgIpc) is 3.31. The summed E-state index contributed by atoms with van der Waals surface area (Å²) in [5.41, 5.74) is 1.02. The van der Waals surface area contributed by atoms with Crippen LogP contribution in [0, 0.1) is 33.0 Å². The van der Waals surface area contributed by atoms with E-state index in [1.807, 2.05) is 17.5 Å². The number of hydrogen-bond donors (Lipinski definition) is 1. The number of carbonyl (C=O) groups excluding carboxylic acids is 1. The molecule has 0 saturated carbocycles. The van der Waals surface area contributed by atoms with Gasteiger partial charge in [0.1, 0.15) is 5.82 Å². The number of rotatable bonds is 6. The topological polar surface area (TPSA) is 133 Å². The van der Waals surface area contributed by atoms with Gasteiger partial charge in [-0.15, -0.1) is 0 Å². The number of carbonyl (C=O) groups is 1. The normalized spacial score (nSPS) is 10.9. The van der Waals surface area contributed by atoms with E-state index in [2.05, 4.69) is 10.3 Å². The molecule has 0 saturated heterocycles. The Balaban J connectivity index is 1.54. The minimum Gasteiger partial charge on any atom is -0.347 e. The molecule has 2 heterocycles. The van der Waals surface area contributed by atoms with E-state index >= 15 is 0 Å². The van der Waals surface area contributed by atoms with Gasteiger partial charge in [0.15, 0.2) is 4.96 Å². The van der Waals surface area contributed by atoms with Crippen molar-refractivity contribution in [3.63, 3.8) is 0 Å². The molecule has 2 aromatic heterocycles. The lowest BCUT2D eigenvalue weighted by atomic mass is 10.1. The first-order valence-corrected chi connectivity index (χ1v) is 10.00. The highest BCUT2D eigenvalue weighted by molar-refractivity contribution is 7.17. The summed E-state index contributed by atoms with van der Waals surface area (Å²) < 4.78 is 15.0. The molecular weight excluding hydrogens is 441 g/mol. The van der Waals surface area contributed by atoms with Gasteiger partial charge in [0.2, 0.25) is 0 Å². The van der Waals surface area contributed by atoms with Crippen LogP contribution in [-0.4, -0.2) is 25.1 Å². The molecule has 1 N–H and O–H groups in total. The molecule has 1 amide bonds. The highest BCUT2D eigenvalue weighted by Crippen LogP contribution is 2.28. The number of nitrogens with zero attached hydrogens (tertiary/aromatic N) is 4. The van der Waals surface area contributed by atoms with Crippen molar-refractivity contribution in [2.24, 2.45) is 0 Å². The summed E-state index contributed by atoms with van der Waals surface area (Å²) in [4.78, 5) is 39.0. The third kappa shape index (κ3) is 4.03. The van der Waals surface area contributed by atoms with Gasteiger partial charge in [0, 0.05) is 34.5 Å². The number of hydrogen-bond acceptors (Lipinski definition) is 7. The van der Waals surface area contributed by atoms with E-state index in [1.54, 1.807) is 12.1 Å². The first-order valence-electron chi connectivity index (χ1n) is 9.18. The van der Waals surface area contributed by atoms with E-state index in [-0.39, 0.29) is 17.9 Å². The standard InChI is InChI=1S/C20H14FN5O5S/c1-11-18(32-20-23-17(10-24(11)20)12-2-4-14(21)5-3-12)9-22-19(27)13-6-15(25(28)29)8-16(7-13)26(30)31/h2-8,10H,9H2,1H3,(H,22,27). The maximum atomic E-state index is 13.1. The lowest BCUT2D eigenvalue weighted by Crippen LogP contribution is -2.23. The van der Waals surface area contributed by atoms with Crippen molar-refractivity contribution in [1.82, 2.24) is 14.7 Å². The van der Waals surface area contributed by atoms with Gasteiger partial charge < -0.3 is 5.32 Å². The molecule has 0 aliphatic carbocycles. The van der Waals surface area contributed by atoms with Crippen molar-refractivity contribution in [3.8, 4) is 11.3 Å². The second-order valence-electron chi connectivity index (χ2n) is 6.83. The van der Waals surface area contributed by atoms with Gasteiger partial charge in [-0.1, -0.05) is 11.3 Å². The number of nitro benzene ring substituents is 2. The van der Waals surface area contributed by atoms with Gasteiger partial charge in [0.25, 0.3) is 17.3 Å². The number of benzene rings is 2. The maximum absolute atomic E-state index is 13.1. The zero-order valence-corrected chi connectivity index (χ0v) is 17.3. The van der Waals surface area contributed by atoms with Crippen molar-refractivity contribution >= 4 is 33.6 Å². The Labute approximate surface area is 183 Å². The van der Waals surface area contributed by atoms with E-state index < -0.39 is 27.1 Å². The van der Waals surface area contributed by atoms with E-state index in [0.717, 1.165) is 34.3 Å². The number of aromatic nitrogens is 2. The van der Waals surface area contributed by atoms with Crippen LogP contribution in [0.25, 0.3) is 16.2 Å². The lowest BCUT2D eigenvalue weighted by Gasteiger charge is -2.05. The first-order chi connectivity index (χ1) is 15.2. The van der Waals surface area contributed by atoms with Crippen LogP contribution in [0.5, 0.6) is 0 Å².